The molecule has 2 rings (SSSR count). The molecule has 0 fully saturated rings. The zero-order valence-corrected chi connectivity index (χ0v) is 15.1. The van der Waals surface area contributed by atoms with Gasteiger partial charge < -0.3 is 14.8 Å². The van der Waals surface area contributed by atoms with Gasteiger partial charge in [0.25, 0.3) is 5.91 Å². The van der Waals surface area contributed by atoms with Gasteiger partial charge in [0.2, 0.25) is 0 Å². The van der Waals surface area contributed by atoms with Crippen molar-refractivity contribution in [3.8, 4) is 5.75 Å². The van der Waals surface area contributed by atoms with Crippen LogP contribution in [0.2, 0.25) is 5.02 Å². The van der Waals surface area contributed by atoms with Crippen LogP contribution in [0.3, 0.4) is 0 Å². The molecule has 0 saturated heterocycles. The van der Waals surface area contributed by atoms with Crippen LogP contribution in [0, 0.1) is 0 Å². The van der Waals surface area contributed by atoms with Crippen LogP contribution in [0.25, 0.3) is 0 Å². The van der Waals surface area contributed by atoms with Gasteiger partial charge in [0.15, 0.2) is 18.5 Å². The number of carbonyl (C=O) groups is 3. The standard InChI is InChI=1S/C19H18ClNO5/c1-12(22)14-6-8-17(9-7-14)25-11-18(23)26-13(2)19(24)21-16-5-3-4-15(20)10-16/h3-10,13H,11H2,1-2H3,(H,21,24)/t13-/m1/s1. The summed E-state index contributed by atoms with van der Waals surface area (Å²) in [5.41, 5.74) is 1.05. The molecule has 26 heavy (non-hydrogen) atoms. The van der Waals surface area contributed by atoms with E-state index in [1.165, 1.54) is 13.8 Å². The Hall–Kier alpha value is -2.86. The van der Waals surface area contributed by atoms with Crippen LogP contribution < -0.4 is 10.1 Å². The van der Waals surface area contributed by atoms with Crippen molar-refractivity contribution in [2.24, 2.45) is 0 Å². The highest BCUT2D eigenvalue weighted by molar-refractivity contribution is 6.30. The summed E-state index contributed by atoms with van der Waals surface area (Å²) in [6.45, 7) is 2.57. The summed E-state index contributed by atoms with van der Waals surface area (Å²) in [6, 6.07) is 13.0. The van der Waals surface area contributed by atoms with Gasteiger partial charge in [-0.05, 0) is 56.3 Å². The van der Waals surface area contributed by atoms with Gasteiger partial charge >= 0.3 is 5.97 Å². The van der Waals surface area contributed by atoms with Gasteiger partial charge in [-0.1, -0.05) is 17.7 Å². The van der Waals surface area contributed by atoms with Crippen molar-refractivity contribution in [2.75, 3.05) is 11.9 Å². The van der Waals surface area contributed by atoms with Crippen molar-refractivity contribution < 1.29 is 23.9 Å². The summed E-state index contributed by atoms with van der Waals surface area (Å²) >= 11 is 5.85. The summed E-state index contributed by atoms with van der Waals surface area (Å²) in [5.74, 6) is -0.806. The van der Waals surface area contributed by atoms with Crippen LogP contribution in [0.5, 0.6) is 5.75 Å². The molecule has 2 aromatic rings. The van der Waals surface area contributed by atoms with E-state index in [-0.39, 0.29) is 12.4 Å². The van der Waals surface area contributed by atoms with Gasteiger partial charge in [-0.25, -0.2) is 4.79 Å². The van der Waals surface area contributed by atoms with Crippen molar-refractivity contribution in [2.45, 2.75) is 20.0 Å². The maximum atomic E-state index is 12.0. The molecular weight excluding hydrogens is 358 g/mol. The Morgan fingerprint density at radius 3 is 2.42 bits per heavy atom. The number of hydrogen-bond donors (Lipinski definition) is 1. The van der Waals surface area contributed by atoms with E-state index >= 15 is 0 Å². The van der Waals surface area contributed by atoms with Gasteiger partial charge in [-0.3, -0.25) is 9.59 Å². The van der Waals surface area contributed by atoms with E-state index in [4.69, 9.17) is 21.1 Å². The van der Waals surface area contributed by atoms with Crippen molar-refractivity contribution in [1.82, 2.24) is 0 Å². The zero-order valence-electron chi connectivity index (χ0n) is 14.3. The third-order valence-electron chi connectivity index (χ3n) is 3.39. The lowest BCUT2D eigenvalue weighted by molar-refractivity contribution is -0.155. The molecule has 0 unspecified atom stereocenters. The normalized spacial score (nSPS) is 11.3. The van der Waals surface area contributed by atoms with E-state index < -0.39 is 18.0 Å². The second kappa shape index (κ2) is 9.01. The van der Waals surface area contributed by atoms with Crippen molar-refractivity contribution in [1.29, 1.82) is 0 Å². The Balaban J connectivity index is 1.80. The summed E-state index contributed by atoms with van der Waals surface area (Å²) in [5, 5.41) is 3.09. The van der Waals surface area contributed by atoms with Gasteiger partial charge in [0, 0.05) is 16.3 Å². The molecular formula is C19H18ClNO5. The van der Waals surface area contributed by atoms with E-state index in [1.54, 1.807) is 48.5 Å². The monoisotopic (exact) mass is 375 g/mol. The van der Waals surface area contributed by atoms with Crippen LogP contribution in [-0.2, 0) is 14.3 Å². The summed E-state index contributed by atoms with van der Waals surface area (Å²) in [4.78, 5) is 35.0. The van der Waals surface area contributed by atoms with E-state index in [0.29, 0.717) is 22.0 Å². The first-order valence-electron chi connectivity index (χ1n) is 7.85. The molecule has 0 aliphatic carbocycles. The molecule has 1 atom stereocenters. The van der Waals surface area contributed by atoms with Crippen LogP contribution in [0.4, 0.5) is 5.69 Å². The van der Waals surface area contributed by atoms with Crippen molar-refractivity contribution in [3.05, 3.63) is 59.1 Å². The van der Waals surface area contributed by atoms with E-state index in [2.05, 4.69) is 5.32 Å². The molecule has 2 aromatic carbocycles. The number of carbonyl (C=O) groups excluding carboxylic acids is 3. The molecule has 0 spiro atoms. The van der Waals surface area contributed by atoms with Gasteiger partial charge in [-0.2, -0.15) is 0 Å². The highest BCUT2D eigenvalue weighted by Crippen LogP contribution is 2.15. The molecule has 0 aliphatic heterocycles. The maximum Gasteiger partial charge on any atom is 0.344 e. The minimum absolute atomic E-state index is 0.0597. The first-order chi connectivity index (χ1) is 12.3. The van der Waals surface area contributed by atoms with Gasteiger partial charge in [0.05, 0.1) is 0 Å². The first-order valence-corrected chi connectivity index (χ1v) is 8.22. The molecule has 0 aromatic heterocycles. The minimum atomic E-state index is -0.995. The Morgan fingerprint density at radius 2 is 1.81 bits per heavy atom. The van der Waals surface area contributed by atoms with E-state index in [9.17, 15) is 14.4 Å². The number of amides is 1. The summed E-state index contributed by atoms with van der Waals surface area (Å²) in [7, 11) is 0. The Kier molecular flexibility index (Phi) is 6.74. The number of benzene rings is 2. The number of ketones is 1. The van der Waals surface area contributed by atoms with Crippen molar-refractivity contribution >= 4 is 34.9 Å². The fraction of sp³-hybridized carbons (Fsp3) is 0.211. The van der Waals surface area contributed by atoms with Crippen LogP contribution in [-0.4, -0.2) is 30.4 Å². The van der Waals surface area contributed by atoms with Crippen molar-refractivity contribution in [3.63, 3.8) is 0 Å². The SMILES string of the molecule is CC(=O)c1ccc(OCC(=O)O[C@H](C)C(=O)Nc2cccc(Cl)c2)cc1. The third-order valence-corrected chi connectivity index (χ3v) is 3.62. The second-order valence-electron chi connectivity index (χ2n) is 5.50. The average Bonchev–Trinajstić information content (AvgIpc) is 2.60. The predicted octanol–water partition coefficient (Wildman–Crippen LogP) is 3.49. The molecule has 1 amide bonds. The lowest BCUT2D eigenvalue weighted by Gasteiger charge is -2.14. The zero-order chi connectivity index (χ0) is 19.1. The maximum absolute atomic E-state index is 12.0. The van der Waals surface area contributed by atoms with Crippen LogP contribution >= 0.6 is 11.6 Å². The fourth-order valence-electron chi connectivity index (χ4n) is 2.02. The number of nitrogens with one attached hydrogen (secondary N) is 1. The molecule has 0 aliphatic rings. The topological polar surface area (TPSA) is 81.7 Å². The average molecular weight is 376 g/mol. The highest BCUT2D eigenvalue weighted by Gasteiger charge is 2.18. The Labute approximate surface area is 156 Å². The number of anilines is 1. The molecule has 1 N–H and O–H groups in total. The molecule has 0 saturated carbocycles. The number of halogens is 1. The quantitative estimate of drug-likeness (QED) is 0.591. The molecule has 0 radical (unpaired) electrons. The Bertz CT molecular complexity index is 804. The molecule has 7 heteroatoms. The van der Waals surface area contributed by atoms with Gasteiger partial charge in [0.1, 0.15) is 5.75 Å². The molecule has 0 heterocycles. The minimum Gasteiger partial charge on any atom is -0.482 e. The van der Waals surface area contributed by atoms with E-state index in [0.717, 1.165) is 0 Å². The largest absolute Gasteiger partial charge is 0.482 e. The number of esters is 1. The molecule has 0 bridgehead atoms. The Morgan fingerprint density at radius 1 is 1.12 bits per heavy atom. The number of rotatable bonds is 7. The first kappa shape index (κ1) is 19.5. The van der Waals surface area contributed by atoms with Gasteiger partial charge in [-0.15, -0.1) is 0 Å². The smallest absolute Gasteiger partial charge is 0.344 e. The summed E-state index contributed by atoms with van der Waals surface area (Å²) in [6.07, 6.45) is -0.995. The molecule has 6 nitrogen and oxygen atoms in total. The van der Waals surface area contributed by atoms with Crippen LogP contribution in [0.1, 0.15) is 24.2 Å². The highest BCUT2D eigenvalue weighted by atomic mass is 35.5. The second-order valence-corrected chi connectivity index (χ2v) is 5.94. The molecule has 136 valence electrons. The lowest BCUT2D eigenvalue weighted by Crippen LogP contribution is -2.31. The predicted molar refractivity (Wildman–Crippen MR) is 97.6 cm³/mol. The fourth-order valence-corrected chi connectivity index (χ4v) is 2.21. The third kappa shape index (κ3) is 5.89. The number of ether oxygens (including phenoxy) is 2. The number of Topliss-reactive ketones (excluding diaryl/α,β-unsaturated/α-hetero) is 1. The number of hydrogen-bond acceptors (Lipinski definition) is 5. The summed E-state index contributed by atoms with van der Waals surface area (Å²) < 4.78 is 10.3. The lowest BCUT2D eigenvalue weighted by atomic mass is 10.1. The van der Waals surface area contributed by atoms with Crippen LogP contribution in [0.15, 0.2) is 48.5 Å². The van der Waals surface area contributed by atoms with E-state index in [1.807, 2.05) is 0 Å².